The van der Waals surface area contributed by atoms with Gasteiger partial charge in [-0.05, 0) is 71.7 Å². The summed E-state index contributed by atoms with van der Waals surface area (Å²) in [5, 5.41) is 12.2. The number of carbonyl (C=O) groups excluding carboxylic acids is 1. The molecule has 0 saturated heterocycles. The van der Waals surface area contributed by atoms with Gasteiger partial charge in [0.1, 0.15) is 11.3 Å². The number of fused-ring (bicyclic) bond motifs is 4. The number of nitrogens with zero attached hydrogens (tertiary/aromatic N) is 2. The zero-order valence-corrected chi connectivity index (χ0v) is 30.5. The summed E-state index contributed by atoms with van der Waals surface area (Å²) < 4.78 is 4.69. The van der Waals surface area contributed by atoms with E-state index >= 15 is 0 Å². The third-order valence-corrected chi connectivity index (χ3v) is 12.1. The minimum absolute atomic E-state index is 0.0743. The van der Waals surface area contributed by atoms with Gasteiger partial charge in [0.2, 0.25) is 11.5 Å². The number of carbonyl (C=O) groups is 1. The van der Waals surface area contributed by atoms with Crippen molar-refractivity contribution in [3.05, 3.63) is 194 Å². The van der Waals surface area contributed by atoms with E-state index in [0.29, 0.717) is 24.2 Å². The fourth-order valence-electron chi connectivity index (χ4n) is 9.72. The molecule has 0 atom stereocenters. The second-order valence-corrected chi connectivity index (χ2v) is 15.9. The number of rotatable bonds is 7. The molecule has 258 valence electrons. The van der Waals surface area contributed by atoms with E-state index in [4.69, 9.17) is 0 Å². The van der Waals surface area contributed by atoms with E-state index in [1.807, 2.05) is 12.1 Å². The predicted molar refractivity (Wildman–Crippen MR) is 209 cm³/mol. The number of benzene rings is 4. The van der Waals surface area contributed by atoms with Crippen molar-refractivity contribution in [3.8, 4) is 0 Å². The lowest BCUT2D eigenvalue weighted by atomic mass is 9.69. The van der Waals surface area contributed by atoms with Gasteiger partial charge in [0.05, 0.1) is 16.7 Å². The van der Waals surface area contributed by atoms with Gasteiger partial charge in [-0.3, -0.25) is 4.79 Å². The quantitative estimate of drug-likeness (QED) is 0.138. The van der Waals surface area contributed by atoms with Crippen LogP contribution < -0.4 is 0 Å². The van der Waals surface area contributed by atoms with Crippen molar-refractivity contribution in [2.45, 2.75) is 70.8 Å². The van der Waals surface area contributed by atoms with Crippen molar-refractivity contribution in [2.75, 3.05) is 6.54 Å². The van der Waals surface area contributed by atoms with Gasteiger partial charge < -0.3 is 9.67 Å². The topological polar surface area (TPSA) is 45.2 Å². The Kier molecular flexibility index (Phi) is 7.52. The Labute approximate surface area is 306 Å². The summed E-state index contributed by atoms with van der Waals surface area (Å²) in [5.41, 5.74) is 14.7. The molecule has 4 heteroatoms. The highest BCUT2D eigenvalue weighted by molar-refractivity contribution is 6.39. The Balaban J connectivity index is 1.19. The summed E-state index contributed by atoms with van der Waals surface area (Å²) in [7, 11) is 0. The van der Waals surface area contributed by atoms with Gasteiger partial charge in [0, 0.05) is 42.1 Å². The largest absolute Gasteiger partial charge is 0.506 e. The van der Waals surface area contributed by atoms with Crippen LogP contribution in [-0.4, -0.2) is 32.3 Å². The minimum Gasteiger partial charge on any atom is -0.506 e. The first-order valence-electron chi connectivity index (χ1n) is 18.7. The predicted octanol–water partition coefficient (Wildman–Crippen LogP) is 9.24. The number of aliphatic hydroxyl groups excluding tert-OH is 1. The zero-order valence-electron chi connectivity index (χ0n) is 30.5. The zero-order chi connectivity index (χ0) is 35.8. The van der Waals surface area contributed by atoms with Crippen LogP contribution in [0.5, 0.6) is 0 Å². The summed E-state index contributed by atoms with van der Waals surface area (Å²) in [4.78, 5) is 14.7. The van der Waals surface area contributed by atoms with E-state index in [-0.39, 0.29) is 22.4 Å². The Hall–Kier alpha value is -5.48. The normalized spacial score (nSPS) is 19.5. The number of hydrogen-bond acceptors (Lipinski definition) is 2. The lowest BCUT2D eigenvalue weighted by Crippen LogP contribution is -2.40. The molecule has 4 aromatic carbocycles. The second-order valence-electron chi connectivity index (χ2n) is 15.9. The van der Waals surface area contributed by atoms with Crippen LogP contribution in [0.4, 0.5) is 0 Å². The van der Waals surface area contributed by atoms with E-state index in [0.717, 1.165) is 37.1 Å². The van der Waals surface area contributed by atoms with E-state index in [9.17, 15) is 9.90 Å². The van der Waals surface area contributed by atoms with Crippen LogP contribution in [0.1, 0.15) is 78.0 Å². The van der Waals surface area contributed by atoms with E-state index in [1.54, 1.807) is 0 Å². The van der Waals surface area contributed by atoms with Crippen LogP contribution in [0, 0.1) is 0 Å². The van der Waals surface area contributed by atoms with E-state index in [2.05, 4.69) is 146 Å². The summed E-state index contributed by atoms with van der Waals surface area (Å²) in [6.45, 7) is 10.6. The van der Waals surface area contributed by atoms with Crippen molar-refractivity contribution in [1.29, 1.82) is 0 Å². The van der Waals surface area contributed by atoms with Crippen LogP contribution in [0.25, 0.3) is 5.57 Å². The van der Waals surface area contributed by atoms with Crippen LogP contribution in [0.3, 0.4) is 0 Å². The standard InChI is InChI=1S/C48H44N2O2/c1-47(2)37-21-13-11-19-33(37)27-35-29-39(49(45(35)47)25-23-31-15-7-5-8-16-31)41-43(51)42(44(41)52)40-30-36-28-34-20-12-14-22-38(34)48(3,4)46(36)50(40)26-24-32-17-9-6-10-18-32/h5-22,29-30H,23-28H2,1-4H3/p+1. The fourth-order valence-corrected chi connectivity index (χ4v) is 9.72. The molecule has 2 heterocycles. The first-order valence-corrected chi connectivity index (χ1v) is 18.7. The maximum atomic E-state index is 14.7. The van der Waals surface area contributed by atoms with Crippen molar-refractivity contribution in [1.82, 2.24) is 4.57 Å². The first kappa shape index (κ1) is 32.4. The number of aryl methyl sites for hydroxylation is 1. The lowest BCUT2D eigenvalue weighted by Gasteiger charge is -2.35. The molecule has 0 amide bonds. The molecule has 4 nitrogen and oxygen atoms in total. The van der Waals surface area contributed by atoms with Crippen LogP contribution >= 0.6 is 0 Å². The molecule has 1 aliphatic heterocycles. The van der Waals surface area contributed by atoms with E-state index in [1.165, 1.54) is 55.9 Å². The Morgan fingerprint density at radius 1 is 0.673 bits per heavy atom. The molecule has 0 spiro atoms. The highest BCUT2D eigenvalue weighted by atomic mass is 16.3. The molecule has 1 N–H and O–H groups in total. The molecule has 5 aromatic rings. The monoisotopic (exact) mass is 681 g/mol. The Morgan fingerprint density at radius 3 is 1.90 bits per heavy atom. The molecular weight excluding hydrogens is 637 g/mol. The molecule has 9 rings (SSSR count). The van der Waals surface area contributed by atoms with Crippen LogP contribution in [0.15, 0.2) is 144 Å². The van der Waals surface area contributed by atoms with Crippen molar-refractivity contribution < 1.29 is 14.5 Å². The minimum atomic E-state index is -0.263. The fraction of sp³-hybridized carbons (Fsp3) is 0.250. The molecule has 0 saturated carbocycles. The van der Waals surface area contributed by atoms with Crippen molar-refractivity contribution >= 4 is 17.1 Å². The summed E-state index contributed by atoms with van der Waals surface area (Å²) in [5.74, 6) is 0.0389. The maximum Gasteiger partial charge on any atom is 0.221 e. The summed E-state index contributed by atoms with van der Waals surface area (Å²) in [6, 6.07) is 40.7. The summed E-state index contributed by atoms with van der Waals surface area (Å²) >= 11 is 0. The SMILES string of the molecule is CC1(C)C2=[N+](CCc3ccccc3)/C(=C3\C(=O)C(c4cc5c(n4CCc4ccccc4)C(C)(C)c4ccccc4C5)=C3O)C=C2Cc2ccccc21. The first-order chi connectivity index (χ1) is 25.1. The smallest absolute Gasteiger partial charge is 0.221 e. The highest BCUT2D eigenvalue weighted by Crippen LogP contribution is 2.48. The van der Waals surface area contributed by atoms with Crippen molar-refractivity contribution in [2.24, 2.45) is 0 Å². The number of allylic oxidation sites excluding steroid dienone is 4. The molecule has 3 aliphatic carbocycles. The molecule has 0 radical (unpaired) electrons. The maximum absolute atomic E-state index is 14.7. The Bertz CT molecular complexity index is 2410. The molecule has 0 fully saturated rings. The van der Waals surface area contributed by atoms with Gasteiger partial charge in [-0.25, -0.2) is 0 Å². The number of hydrogen-bond donors (Lipinski definition) is 1. The average Bonchev–Trinajstić information content (AvgIpc) is 3.69. The third kappa shape index (κ3) is 4.95. The number of ketones is 1. The van der Waals surface area contributed by atoms with Gasteiger partial charge in [-0.2, -0.15) is 4.58 Å². The molecular formula is C48H45N2O2+. The van der Waals surface area contributed by atoms with Gasteiger partial charge in [0.25, 0.3) is 0 Å². The lowest BCUT2D eigenvalue weighted by molar-refractivity contribution is -0.471. The van der Waals surface area contributed by atoms with E-state index < -0.39 is 0 Å². The van der Waals surface area contributed by atoms with Crippen LogP contribution in [-0.2, 0) is 47.9 Å². The number of aliphatic hydroxyl groups is 1. The van der Waals surface area contributed by atoms with Gasteiger partial charge in [-0.1, -0.05) is 123 Å². The molecule has 52 heavy (non-hydrogen) atoms. The Morgan fingerprint density at radius 2 is 1.25 bits per heavy atom. The molecule has 1 aromatic heterocycles. The second kappa shape index (κ2) is 12.1. The number of aromatic nitrogens is 1. The molecule has 4 aliphatic rings. The van der Waals surface area contributed by atoms with Gasteiger partial charge >= 0.3 is 0 Å². The molecule has 0 unspecified atom stereocenters. The molecule has 0 bridgehead atoms. The van der Waals surface area contributed by atoms with Gasteiger partial charge in [0.15, 0.2) is 12.3 Å². The average molecular weight is 682 g/mol. The highest BCUT2D eigenvalue weighted by Gasteiger charge is 2.50. The summed E-state index contributed by atoms with van der Waals surface area (Å²) in [6.07, 6.45) is 5.47. The van der Waals surface area contributed by atoms with Gasteiger partial charge in [-0.15, -0.1) is 0 Å². The van der Waals surface area contributed by atoms with Crippen LogP contribution in [0.2, 0.25) is 0 Å². The third-order valence-electron chi connectivity index (χ3n) is 12.1. The number of Topliss-reactive ketones (excluding diaryl/α,β-unsaturated/α-hetero) is 1. The van der Waals surface area contributed by atoms with Crippen molar-refractivity contribution in [3.63, 3.8) is 0 Å².